The summed E-state index contributed by atoms with van der Waals surface area (Å²) in [6.07, 6.45) is 2.65. The lowest BCUT2D eigenvalue weighted by molar-refractivity contribution is -0.117. The van der Waals surface area contributed by atoms with Crippen molar-refractivity contribution in [3.05, 3.63) is 59.9 Å². The minimum Gasteiger partial charge on any atom is -0.312 e. The molecule has 0 radical (unpaired) electrons. The second kappa shape index (κ2) is 7.97. The van der Waals surface area contributed by atoms with Crippen LogP contribution in [0.2, 0.25) is 0 Å². The highest BCUT2D eigenvalue weighted by Gasteiger charge is 2.22. The Hall–Kier alpha value is -2.25. The Morgan fingerprint density at radius 2 is 1.73 bits per heavy atom. The molecule has 2 aromatic carbocycles. The molecule has 7 heteroatoms. The summed E-state index contributed by atoms with van der Waals surface area (Å²) in [6.45, 7) is 0.971. The average molecular weight is 376 g/mol. The van der Waals surface area contributed by atoms with Crippen LogP contribution < -0.4 is 9.62 Å². The largest absolute Gasteiger partial charge is 0.312 e. The smallest absolute Gasteiger partial charge is 0.240 e. The van der Waals surface area contributed by atoms with Crippen LogP contribution >= 0.6 is 0 Å². The first-order chi connectivity index (χ1) is 12.5. The van der Waals surface area contributed by atoms with Gasteiger partial charge in [0.25, 0.3) is 0 Å². The number of nitrogens with one attached hydrogen (secondary N) is 1. The molecule has 0 unspecified atom stereocenters. The molecule has 3 rings (SSSR count). The summed E-state index contributed by atoms with van der Waals surface area (Å²) >= 11 is 0. The Morgan fingerprint density at radius 1 is 1.04 bits per heavy atom. The zero-order chi connectivity index (χ0) is 18.6. The van der Waals surface area contributed by atoms with Crippen molar-refractivity contribution in [2.45, 2.75) is 30.6 Å². The maximum Gasteiger partial charge on any atom is 0.240 e. The molecule has 1 amide bonds. The fourth-order valence-electron chi connectivity index (χ4n) is 2.96. The molecule has 1 heterocycles. The van der Waals surface area contributed by atoms with Crippen molar-refractivity contribution < 1.29 is 17.6 Å². The molecule has 0 spiro atoms. The third-order valence-electron chi connectivity index (χ3n) is 4.38. The highest BCUT2D eigenvalue weighted by Crippen LogP contribution is 2.22. The van der Waals surface area contributed by atoms with Crippen LogP contribution in [-0.2, 0) is 21.2 Å². The molecule has 0 atom stereocenters. The molecule has 1 fully saturated rings. The number of benzene rings is 2. The van der Waals surface area contributed by atoms with E-state index in [1.807, 2.05) is 0 Å². The van der Waals surface area contributed by atoms with Crippen molar-refractivity contribution in [1.29, 1.82) is 0 Å². The lowest BCUT2D eigenvalue weighted by Gasteiger charge is -2.16. The molecular weight excluding hydrogens is 355 g/mol. The van der Waals surface area contributed by atoms with Gasteiger partial charge in [-0.25, -0.2) is 17.5 Å². The van der Waals surface area contributed by atoms with E-state index in [0.717, 1.165) is 17.7 Å². The first-order valence-corrected chi connectivity index (χ1v) is 10.1. The molecule has 2 aromatic rings. The monoisotopic (exact) mass is 376 g/mol. The zero-order valence-corrected chi connectivity index (χ0v) is 15.1. The highest BCUT2D eigenvalue weighted by molar-refractivity contribution is 7.89. The quantitative estimate of drug-likeness (QED) is 0.756. The van der Waals surface area contributed by atoms with Crippen LogP contribution in [0.1, 0.15) is 24.8 Å². The first-order valence-electron chi connectivity index (χ1n) is 8.60. The van der Waals surface area contributed by atoms with Gasteiger partial charge in [0.2, 0.25) is 15.9 Å². The molecule has 138 valence electrons. The fourth-order valence-corrected chi connectivity index (χ4v) is 4.03. The summed E-state index contributed by atoms with van der Waals surface area (Å²) in [6, 6.07) is 12.5. The third-order valence-corrected chi connectivity index (χ3v) is 5.86. The zero-order valence-electron chi connectivity index (χ0n) is 14.3. The fraction of sp³-hybridized carbons (Fsp3) is 0.316. The highest BCUT2D eigenvalue weighted by atomic mass is 32.2. The van der Waals surface area contributed by atoms with Crippen molar-refractivity contribution >= 4 is 21.6 Å². The van der Waals surface area contributed by atoms with E-state index in [2.05, 4.69) is 4.72 Å². The second-order valence-corrected chi connectivity index (χ2v) is 8.04. The maximum absolute atomic E-state index is 12.9. The summed E-state index contributed by atoms with van der Waals surface area (Å²) in [7, 11) is -3.59. The van der Waals surface area contributed by atoms with Crippen LogP contribution in [0.4, 0.5) is 10.1 Å². The average Bonchev–Trinajstić information content (AvgIpc) is 3.06. The number of amides is 1. The minimum atomic E-state index is -3.59. The van der Waals surface area contributed by atoms with Crippen LogP contribution in [0.5, 0.6) is 0 Å². The maximum atomic E-state index is 12.9. The molecule has 0 bridgehead atoms. The lowest BCUT2D eigenvalue weighted by Crippen LogP contribution is -2.26. The Balaban J connectivity index is 1.54. The van der Waals surface area contributed by atoms with Gasteiger partial charge in [0.15, 0.2) is 0 Å². The van der Waals surface area contributed by atoms with E-state index in [0.29, 0.717) is 32.4 Å². The van der Waals surface area contributed by atoms with Crippen molar-refractivity contribution in [3.8, 4) is 0 Å². The predicted octanol–water partition coefficient (Wildman–Crippen LogP) is 2.86. The van der Waals surface area contributed by atoms with Gasteiger partial charge in [-0.1, -0.05) is 12.1 Å². The van der Waals surface area contributed by atoms with Crippen LogP contribution in [0.3, 0.4) is 0 Å². The van der Waals surface area contributed by atoms with E-state index in [-0.39, 0.29) is 16.6 Å². The van der Waals surface area contributed by atoms with Crippen molar-refractivity contribution in [2.75, 3.05) is 18.0 Å². The van der Waals surface area contributed by atoms with E-state index in [4.69, 9.17) is 0 Å². The topological polar surface area (TPSA) is 66.5 Å². The van der Waals surface area contributed by atoms with Gasteiger partial charge in [0.05, 0.1) is 4.90 Å². The number of hydrogen-bond acceptors (Lipinski definition) is 3. The van der Waals surface area contributed by atoms with Crippen LogP contribution in [0.15, 0.2) is 53.4 Å². The third kappa shape index (κ3) is 4.47. The number of rotatable bonds is 7. The van der Waals surface area contributed by atoms with Gasteiger partial charge < -0.3 is 4.90 Å². The number of carbonyl (C=O) groups is 1. The van der Waals surface area contributed by atoms with Crippen LogP contribution in [0.25, 0.3) is 0 Å². The Kier molecular flexibility index (Phi) is 5.68. The van der Waals surface area contributed by atoms with E-state index in [1.165, 1.54) is 24.3 Å². The SMILES string of the molecule is O=C1CCCN1c1ccc(S(=O)(=O)NCCCc2ccc(F)cc2)cc1. The molecule has 5 nitrogen and oxygen atoms in total. The van der Waals surface area contributed by atoms with Gasteiger partial charge in [-0.05, 0) is 61.2 Å². The summed E-state index contributed by atoms with van der Waals surface area (Å²) in [5.74, 6) is -0.215. The summed E-state index contributed by atoms with van der Waals surface area (Å²) in [5, 5.41) is 0. The molecular formula is C19H21FN2O3S. The van der Waals surface area contributed by atoms with E-state index in [1.54, 1.807) is 29.2 Å². The molecule has 1 aliphatic heterocycles. The summed E-state index contributed by atoms with van der Waals surface area (Å²) in [4.78, 5) is 13.6. The first kappa shape index (κ1) is 18.5. The number of sulfonamides is 1. The number of nitrogens with zero attached hydrogens (tertiary/aromatic N) is 1. The number of hydrogen-bond donors (Lipinski definition) is 1. The Labute approximate surface area is 152 Å². The minimum absolute atomic E-state index is 0.0690. The number of aryl methyl sites for hydroxylation is 1. The summed E-state index contributed by atoms with van der Waals surface area (Å²) < 4.78 is 40.1. The Bertz CT molecular complexity index is 865. The van der Waals surface area contributed by atoms with Gasteiger partial charge in [-0.3, -0.25) is 4.79 Å². The molecule has 26 heavy (non-hydrogen) atoms. The van der Waals surface area contributed by atoms with E-state index < -0.39 is 10.0 Å². The Morgan fingerprint density at radius 3 is 2.35 bits per heavy atom. The molecule has 0 aliphatic carbocycles. The number of anilines is 1. The van der Waals surface area contributed by atoms with Gasteiger partial charge in [0.1, 0.15) is 5.82 Å². The number of carbonyl (C=O) groups excluding carboxylic acids is 1. The molecule has 1 saturated heterocycles. The van der Waals surface area contributed by atoms with Crippen molar-refractivity contribution in [1.82, 2.24) is 4.72 Å². The molecule has 1 aliphatic rings. The van der Waals surface area contributed by atoms with Crippen molar-refractivity contribution in [2.24, 2.45) is 0 Å². The summed E-state index contributed by atoms with van der Waals surface area (Å²) in [5.41, 5.74) is 1.69. The predicted molar refractivity (Wildman–Crippen MR) is 97.9 cm³/mol. The second-order valence-electron chi connectivity index (χ2n) is 6.27. The molecule has 0 aromatic heterocycles. The van der Waals surface area contributed by atoms with Gasteiger partial charge >= 0.3 is 0 Å². The van der Waals surface area contributed by atoms with Gasteiger partial charge in [-0.2, -0.15) is 0 Å². The van der Waals surface area contributed by atoms with Crippen LogP contribution in [-0.4, -0.2) is 27.4 Å². The van der Waals surface area contributed by atoms with E-state index >= 15 is 0 Å². The van der Waals surface area contributed by atoms with Gasteiger partial charge in [0, 0.05) is 25.2 Å². The standard InChI is InChI=1S/C19H21FN2O3S/c20-16-7-5-15(6-8-16)3-1-13-21-26(24,25)18-11-9-17(10-12-18)22-14-2-4-19(22)23/h5-12,21H,1-4,13-14H2. The van der Waals surface area contributed by atoms with E-state index in [9.17, 15) is 17.6 Å². The lowest BCUT2D eigenvalue weighted by atomic mass is 10.1. The molecule has 0 saturated carbocycles. The normalized spacial score (nSPS) is 14.8. The van der Waals surface area contributed by atoms with Gasteiger partial charge in [-0.15, -0.1) is 0 Å². The molecule has 1 N–H and O–H groups in total. The van der Waals surface area contributed by atoms with Crippen LogP contribution in [0, 0.1) is 5.82 Å². The van der Waals surface area contributed by atoms with Crippen molar-refractivity contribution in [3.63, 3.8) is 0 Å². The number of halogens is 1.